The summed E-state index contributed by atoms with van der Waals surface area (Å²) in [4.78, 5) is 11.9. The molecule has 1 aromatic carbocycles. The molecule has 0 spiro atoms. The van der Waals surface area contributed by atoms with Crippen molar-refractivity contribution in [2.75, 3.05) is 18.5 Å². The summed E-state index contributed by atoms with van der Waals surface area (Å²) in [5.41, 5.74) is 2.34. The molecule has 1 aliphatic rings. The summed E-state index contributed by atoms with van der Waals surface area (Å²) in [5.74, 6) is 0.257. The monoisotopic (exact) mass is 233 g/mol. The zero-order valence-corrected chi connectivity index (χ0v) is 10.4. The second-order valence-corrected chi connectivity index (χ2v) is 4.96. The molecule has 0 aromatic heterocycles. The minimum Gasteiger partial charge on any atom is -0.465 e. The summed E-state index contributed by atoms with van der Waals surface area (Å²) in [5, 5.41) is 3.28. The standard InChI is InChI=1S/C14H19NO2/c1-10(2)9-17-14(16)12-7-11-5-3-4-6-13(11)15-8-12/h3-6,10,12,15H,7-9H2,1-2H3. The van der Waals surface area contributed by atoms with E-state index in [2.05, 4.69) is 11.4 Å². The van der Waals surface area contributed by atoms with E-state index in [9.17, 15) is 4.79 Å². The number of carbonyl (C=O) groups excluding carboxylic acids is 1. The molecule has 92 valence electrons. The molecule has 0 bridgehead atoms. The molecule has 1 N–H and O–H groups in total. The number of benzene rings is 1. The van der Waals surface area contributed by atoms with Crippen molar-refractivity contribution in [1.82, 2.24) is 0 Å². The summed E-state index contributed by atoms with van der Waals surface area (Å²) in [6.07, 6.45) is 0.778. The molecule has 0 saturated heterocycles. The van der Waals surface area contributed by atoms with Crippen molar-refractivity contribution in [2.45, 2.75) is 20.3 Å². The molecule has 0 radical (unpaired) electrons. The number of nitrogens with one attached hydrogen (secondary N) is 1. The number of esters is 1. The van der Waals surface area contributed by atoms with Crippen LogP contribution in [0.4, 0.5) is 5.69 Å². The minimum atomic E-state index is -0.0827. The number of fused-ring (bicyclic) bond motifs is 1. The lowest BCUT2D eigenvalue weighted by molar-refractivity contribution is -0.149. The number of hydrogen-bond donors (Lipinski definition) is 1. The largest absolute Gasteiger partial charge is 0.465 e. The van der Waals surface area contributed by atoms with Gasteiger partial charge < -0.3 is 10.1 Å². The molecule has 0 amide bonds. The first-order valence-electron chi connectivity index (χ1n) is 6.15. The average molecular weight is 233 g/mol. The maximum Gasteiger partial charge on any atom is 0.311 e. The fraction of sp³-hybridized carbons (Fsp3) is 0.500. The maximum atomic E-state index is 11.9. The number of hydrogen-bond acceptors (Lipinski definition) is 3. The summed E-state index contributed by atoms with van der Waals surface area (Å²) in [7, 11) is 0. The quantitative estimate of drug-likeness (QED) is 0.815. The van der Waals surface area contributed by atoms with Gasteiger partial charge in [0.05, 0.1) is 12.5 Å². The molecule has 1 aliphatic heterocycles. The van der Waals surface area contributed by atoms with Crippen LogP contribution in [0.3, 0.4) is 0 Å². The van der Waals surface area contributed by atoms with Crippen LogP contribution < -0.4 is 5.32 Å². The Morgan fingerprint density at radius 1 is 1.47 bits per heavy atom. The first kappa shape index (κ1) is 12.0. The molecule has 1 unspecified atom stereocenters. The number of rotatable bonds is 3. The maximum absolute atomic E-state index is 11.9. The lowest BCUT2D eigenvalue weighted by Crippen LogP contribution is -2.31. The third-order valence-corrected chi connectivity index (χ3v) is 2.91. The molecular formula is C14H19NO2. The zero-order chi connectivity index (χ0) is 12.3. The second kappa shape index (κ2) is 5.21. The van der Waals surface area contributed by atoms with Gasteiger partial charge in [-0.3, -0.25) is 4.79 Å². The highest BCUT2D eigenvalue weighted by Crippen LogP contribution is 2.24. The van der Waals surface area contributed by atoms with Crippen molar-refractivity contribution < 1.29 is 9.53 Å². The highest BCUT2D eigenvalue weighted by Gasteiger charge is 2.25. The Morgan fingerprint density at radius 2 is 2.24 bits per heavy atom. The summed E-state index contributed by atoms with van der Waals surface area (Å²) >= 11 is 0. The molecule has 0 saturated carbocycles. The molecule has 0 aliphatic carbocycles. The van der Waals surface area contributed by atoms with Crippen LogP contribution in [0.1, 0.15) is 19.4 Å². The van der Waals surface area contributed by atoms with E-state index in [1.165, 1.54) is 5.56 Å². The lowest BCUT2D eigenvalue weighted by Gasteiger charge is -2.25. The number of anilines is 1. The second-order valence-electron chi connectivity index (χ2n) is 4.96. The van der Waals surface area contributed by atoms with Crippen molar-refractivity contribution >= 4 is 11.7 Å². The van der Waals surface area contributed by atoms with Crippen molar-refractivity contribution in [3.05, 3.63) is 29.8 Å². The van der Waals surface area contributed by atoms with Crippen LogP contribution in [0.15, 0.2) is 24.3 Å². The lowest BCUT2D eigenvalue weighted by atomic mass is 9.94. The van der Waals surface area contributed by atoms with E-state index in [1.807, 2.05) is 32.0 Å². The molecule has 0 fully saturated rings. The Hall–Kier alpha value is -1.51. The van der Waals surface area contributed by atoms with E-state index in [4.69, 9.17) is 4.74 Å². The Bertz CT molecular complexity index is 401. The normalized spacial score (nSPS) is 18.4. The van der Waals surface area contributed by atoms with E-state index in [0.717, 1.165) is 12.1 Å². The Kier molecular flexibility index (Phi) is 3.67. The van der Waals surface area contributed by atoms with Crippen LogP contribution >= 0.6 is 0 Å². The van der Waals surface area contributed by atoms with Gasteiger partial charge in [0.25, 0.3) is 0 Å². The number of ether oxygens (including phenoxy) is 1. The van der Waals surface area contributed by atoms with Gasteiger partial charge in [-0.1, -0.05) is 32.0 Å². The average Bonchev–Trinajstić information content (AvgIpc) is 2.35. The summed E-state index contributed by atoms with van der Waals surface area (Å²) in [6.45, 7) is 5.27. The highest BCUT2D eigenvalue weighted by atomic mass is 16.5. The predicted octanol–water partition coefficient (Wildman–Crippen LogP) is 2.47. The molecule has 1 aromatic rings. The van der Waals surface area contributed by atoms with Gasteiger partial charge in [0.15, 0.2) is 0 Å². The number of carbonyl (C=O) groups is 1. The molecule has 3 heteroatoms. The van der Waals surface area contributed by atoms with Gasteiger partial charge in [-0.15, -0.1) is 0 Å². The van der Waals surface area contributed by atoms with Gasteiger partial charge in [-0.25, -0.2) is 0 Å². The van der Waals surface area contributed by atoms with Crippen molar-refractivity contribution in [1.29, 1.82) is 0 Å². The van der Waals surface area contributed by atoms with Gasteiger partial charge in [0.2, 0.25) is 0 Å². The Morgan fingerprint density at radius 3 is 3.00 bits per heavy atom. The van der Waals surface area contributed by atoms with Crippen LogP contribution in [-0.4, -0.2) is 19.1 Å². The summed E-state index contributed by atoms with van der Waals surface area (Å²) in [6, 6.07) is 8.11. The highest BCUT2D eigenvalue weighted by molar-refractivity contribution is 5.75. The molecule has 2 rings (SSSR count). The number of para-hydroxylation sites is 1. The third kappa shape index (κ3) is 2.99. The van der Waals surface area contributed by atoms with Crippen LogP contribution in [0.5, 0.6) is 0 Å². The smallest absolute Gasteiger partial charge is 0.311 e. The third-order valence-electron chi connectivity index (χ3n) is 2.91. The van der Waals surface area contributed by atoms with Crippen molar-refractivity contribution in [3.63, 3.8) is 0 Å². The predicted molar refractivity (Wildman–Crippen MR) is 67.9 cm³/mol. The Balaban J connectivity index is 1.95. The Labute approximate surface area is 102 Å². The van der Waals surface area contributed by atoms with Crippen LogP contribution in [-0.2, 0) is 16.0 Å². The topological polar surface area (TPSA) is 38.3 Å². The van der Waals surface area contributed by atoms with Crippen LogP contribution in [0.2, 0.25) is 0 Å². The molecule has 1 atom stereocenters. The molecular weight excluding hydrogens is 214 g/mol. The van der Waals surface area contributed by atoms with Gasteiger partial charge >= 0.3 is 5.97 Å². The van der Waals surface area contributed by atoms with Crippen LogP contribution in [0, 0.1) is 11.8 Å². The van der Waals surface area contributed by atoms with E-state index < -0.39 is 0 Å². The zero-order valence-electron chi connectivity index (χ0n) is 10.4. The van der Waals surface area contributed by atoms with E-state index >= 15 is 0 Å². The van der Waals surface area contributed by atoms with Gasteiger partial charge in [-0.05, 0) is 24.0 Å². The minimum absolute atomic E-state index is 0.0522. The molecule has 3 nitrogen and oxygen atoms in total. The van der Waals surface area contributed by atoms with E-state index in [1.54, 1.807) is 0 Å². The fourth-order valence-electron chi connectivity index (χ4n) is 1.97. The summed E-state index contributed by atoms with van der Waals surface area (Å²) < 4.78 is 5.28. The van der Waals surface area contributed by atoms with Gasteiger partial charge in [0, 0.05) is 12.2 Å². The van der Waals surface area contributed by atoms with Gasteiger partial charge in [-0.2, -0.15) is 0 Å². The molecule has 1 heterocycles. The first-order chi connectivity index (χ1) is 8.16. The fourth-order valence-corrected chi connectivity index (χ4v) is 1.97. The van der Waals surface area contributed by atoms with Crippen molar-refractivity contribution in [3.8, 4) is 0 Å². The van der Waals surface area contributed by atoms with Crippen molar-refractivity contribution in [2.24, 2.45) is 11.8 Å². The van der Waals surface area contributed by atoms with Crippen LogP contribution in [0.25, 0.3) is 0 Å². The van der Waals surface area contributed by atoms with E-state index in [0.29, 0.717) is 19.1 Å². The molecule has 17 heavy (non-hydrogen) atoms. The first-order valence-corrected chi connectivity index (χ1v) is 6.15. The van der Waals surface area contributed by atoms with E-state index in [-0.39, 0.29) is 11.9 Å². The van der Waals surface area contributed by atoms with Gasteiger partial charge in [0.1, 0.15) is 0 Å². The SMILES string of the molecule is CC(C)COC(=O)C1CNc2ccccc2C1.